The summed E-state index contributed by atoms with van der Waals surface area (Å²) in [7, 11) is 0. The lowest BCUT2D eigenvalue weighted by atomic mass is 9.74. The number of nitriles is 1. The van der Waals surface area contributed by atoms with Gasteiger partial charge in [0, 0.05) is 6.54 Å². The first kappa shape index (κ1) is 15.5. The fraction of sp³-hybridized carbons (Fsp3) is 0.529. The number of aryl methyl sites for hydroxylation is 2. The Labute approximate surface area is 125 Å². The van der Waals surface area contributed by atoms with E-state index < -0.39 is 5.41 Å². The average molecular weight is 288 g/mol. The van der Waals surface area contributed by atoms with Gasteiger partial charge in [-0.3, -0.25) is 4.79 Å². The summed E-state index contributed by atoms with van der Waals surface area (Å²) in [4.78, 5) is 12.4. The molecule has 1 aromatic carbocycles. The first-order valence-electron chi connectivity index (χ1n) is 7.44. The summed E-state index contributed by atoms with van der Waals surface area (Å²) < 4.78 is 13.6. The van der Waals surface area contributed by atoms with Gasteiger partial charge in [-0.15, -0.1) is 0 Å². The van der Waals surface area contributed by atoms with Crippen LogP contribution in [0.25, 0.3) is 0 Å². The highest BCUT2D eigenvalue weighted by atomic mass is 19.1. The van der Waals surface area contributed by atoms with Crippen molar-refractivity contribution in [3.05, 3.63) is 34.6 Å². The predicted octanol–water partition coefficient (Wildman–Crippen LogP) is 3.53. The van der Waals surface area contributed by atoms with E-state index in [-0.39, 0.29) is 11.7 Å². The number of hydrogen-bond donors (Lipinski definition) is 1. The highest BCUT2D eigenvalue weighted by Crippen LogP contribution is 2.35. The van der Waals surface area contributed by atoms with Crippen LogP contribution in [0.15, 0.2) is 12.1 Å². The van der Waals surface area contributed by atoms with E-state index in [4.69, 9.17) is 0 Å². The third-order valence-corrected chi connectivity index (χ3v) is 4.31. The minimum atomic E-state index is -0.873. The summed E-state index contributed by atoms with van der Waals surface area (Å²) in [6.45, 7) is 3.77. The second kappa shape index (κ2) is 6.26. The van der Waals surface area contributed by atoms with Crippen LogP contribution in [0.5, 0.6) is 0 Å². The van der Waals surface area contributed by atoms with Crippen molar-refractivity contribution in [3.8, 4) is 6.07 Å². The van der Waals surface area contributed by atoms with Crippen LogP contribution >= 0.6 is 0 Å². The maximum atomic E-state index is 13.6. The number of benzene rings is 1. The topological polar surface area (TPSA) is 52.9 Å². The first-order valence-corrected chi connectivity index (χ1v) is 7.44. The summed E-state index contributed by atoms with van der Waals surface area (Å²) in [5.41, 5.74) is 1.14. The van der Waals surface area contributed by atoms with Crippen molar-refractivity contribution in [2.45, 2.75) is 52.5 Å². The van der Waals surface area contributed by atoms with Gasteiger partial charge in [0.15, 0.2) is 0 Å². The van der Waals surface area contributed by atoms with E-state index in [9.17, 15) is 14.4 Å². The number of halogens is 1. The van der Waals surface area contributed by atoms with Gasteiger partial charge < -0.3 is 5.32 Å². The third kappa shape index (κ3) is 3.24. The zero-order chi connectivity index (χ0) is 15.5. The van der Waals surface area contributed by atoms with Gasteiger partial charge in [-0.2, -0.15) is 5.26 Å². The Hall–Kier alpha value is -1.89. The molecule has 3 nitrogen and oxygen atoms in total. The van der Waals surface area contributed by atoms with Crippen molar-refractivity contribution >= 4 is 5.91 Å². The molecule has 1 N–H and O–H groups in total. The average Bonchev–Trinajstić information content (AvgIpc) is 2.50. The standard InChI is InChI=1S/C17H21FN2O/c1-12-8-14(9-13(2)15(12)18)10-20-16(21)17(11-19)6-4-3-5-7-17/h8-9H,3-7,10H2,1-2H3,(H,20,21). The molecule has 0 radical (unpaired) electrons. The molecule has 4 heteroatoms. The van der Waals surface area contributed by atoms with Crippen molar-refractivity contribution in [1.82, 2.24) is 5.32 Å². The summed E-state index contributed by atoms with van der Waals surface area (Å²) in [5.74, 6) is -0.393. The molecule has 1 aliphatic rings. The molecule has 0 aliphatic heterocycles. The molecule has 1 aromatic rings. The SMILES string of the molecule is Cc1cc(CNC(=O)C2(C#N)CCCCC2)cc(C)c1F. The van der Waals surface area contributed by atoms with Crippen LogP contribution < -0.4 is 5.32 Å². The molecule has 112 valence electrons. The summed E-state index contributed by atoms with van der Waals surface area (Å²) in [5, 5.41) is 12.2. The number of carbonyl (C=O) groups excluding carboxylic acids is 1. The monoisotopic (exact) mass is 288 g/mol. The molecule has 1 fully saturated rings. The zero-order valence-corrected chi connectivity index (χ0v) is 12.6. The lowest BCUT2D eigenvalue weighted by molar-refractivity contribution is -0.129. The van der Waals surface area contributed by atoms with Crippen LogP contribution in [0.3, 0.4) is 0 Å². The normalized spacial score (nSPS) is 17.0. The van der Waals surface area contributed by atoms with E-state index in [0.717, 1.165) is 24.8 Å². The van der Waals surface area contributed by atoms with Crippen LogP contribution in [0.1, 0.15) is 48.8 Å². The van der Waals surface area contributed by atoms with Crippen LogP contribution in [-0.2, 0) is 11.3 Å². The number of amides is 1. The number of rotatable bonds is 3. The smallest absolute Gasteiger partial charge is 0.240 e. The first-order chi connectivity index (χ1) is 9.98. The van der Waals surface area contributed by atoms with Gasteiger partial charge in [-0.25, -0.2) is 4.39 Å². The van der Waals surface area contributed by atoms with E-state index in [1.54, 1.807) is 26.0 Å². The Morgan fingerprint density at radius 1 is 1.29 bits per heavy atom. The van der Waals surface area contributed by atoms with E-state index >= 15 is 0 Å². The highest BCUT2D eigenvalue weighted by Gasteiger charge is 2.39. The second-order valence-electron chi connectivity index (χ2n) is 5.98. The van der Waals surface area contributed by atoms with Crippen LogP contribution in [-0.4, -0.2) is 5.91 Å². The fourth-order valence-corrected chi connectivity index (χ4v) is 3.03. The van der Waals surface area contributed by atoms with Gasteiger partial charge in [-0.05, 0) is 43.4 Å². The molecule has 0 atom stereocenters. The number of nitrogens with zero attached hydrogens (tertiary/aromatic N) is 1. The van der Waals surface area contributed by atoms with Crippen molar-refractivity contribution in [1.29, 1.82) is 5.26 Å². The Kier molecular flexibility index (Phi) is 4.62. The molecule has 0 heterocycles. The summed E-state index contributed by atoms with van der Waals surface area (Å²) in [6.07, 6.45) is 4.21. The lowest BCUT2D eigenvalue weighted by Crippen LogP contribution is -2.41. The number of nitrogens with one attached hydrogen (secondary N) is 1. The molecule has 0 saturated heterocycles. The van der Waals surface area contributed by atoms with Gasteiger partial charge in [0.2, 0.25) is 5.91 Å². The summed E-state index contributed by atoms with van der Waals surface area (Å²) >= 11 is 0. The largest absolute Gasteiger partial charge is 0.351 e. The van der Waals surface area contributed by atoms with Crippen molar-refractivity contribution < 1.29 is 9.18 Å². The highest BCUT2D eigenvalue weighted by molar-refractivity contribution is 5.85. The molecular weight excluding hydrogens is 267 g/mol. The Balaban J connectivity index is 2.06. The van der Waals surface area contributed by atoms with Crippen molar-refractivity contribution in [2.24, 2.45) is 5.41 Å². The lowest BCUT2D eigenvalue weighted by Gasteiger charge is -2.29. The van der Waals surface area contributed by atoms with E-state index in [1.165, 1.54) is 0 Å². The van der Waals surface area contributed by atoms with Gasteiger partial charge >= 0.3 is 0 Å². The van der Waals surface area contributed by atoms with Gasteiger partial charge in [0.1, 0.15) is 11.2 Å². The minimum absolute atomic E-state index is 0.190. The molecule has 1 saturated carbocycles. The molecule has 1 aliphatic carbocycles. The maximum absolute atomic E-state index is 13.6. The molecule has 0 aromatic heterocycles. The van der Waals surface area contributed by atoms with Crippen molar-refractivity contribution in [2.75, 3.05) is 0 Å². The molecule has 2 rings (SSSR count). The fourth-order valence-electron chi connectivity index (χ4n) is 3.03. The van der Waals surface area contributed by atoms with Gasteiger partial charge in [-0.1, -0.05) is 31.4 Å². The van der Waals surface area contributed by atoms with Gasteiger partial charge in [0.25, 0.3) is 0 Å². The minimum Gasteiger partial charge on any atom is -0.351 e. The molecular formula is C17H21FN2O. The van der Waals surface area contributed by atoms with E-state index in [2.05, 4.69) is 11.4 Å². The molecule has 21 heavy (non-hydrogen) atoms. The molecule has 0 unspecified atom stereocenters. The molecule has 1 amide bonds. The van der Waals surface area contributed by atoms with Crippen molar-refractivity contribution in [3.63, 3.8) is 0 Å². The van der Waals surface area contributed by atoms with E-state index in [1.807, 2.05) is 0 Å². The maximum Gasteiger partial charge on any atom is 0.240 e. The van der Waals surface area contributed by atoms with Crippen LogP contribution in [0.2, 0.25) is 0 Å². The number of carbonyl (C=O) groups is 1. The summed E-state index contributed by atoms with van der Waals surface area (Å²) in [6, 6.07) is 5.69. The van der Waals surface area contributed by atoms with E-state index in [0.29, 0.717) is 30.5 Å². The third-order valence-electron chi connectivity index (χ3n) is 4.31. The Bertz CT molecular complexity index is 560. The molecule has 0 bridgehead atoms. The van der Waals surface area contributed by atoms with Crippen LogP contribution in [0.4, 0.5) is 4.39 Å². The Morgan fingerprint density at radius 3 is 2.38 bits per heavy atom. The second-order valence-corrected chi connectivity index (χ2v) is 5.98. The number of hydrogen-bond acceptors (Lipinski definition) is 2. The zero-order valence-electron chi connectivity index (χ0n) is 12.6. The van der Waals surface area contributed by atoms with Gasteiger partial charge in [0.05, 0.1) is 6.07 Å². The Morgan fingerprint density at radius 2 is 1.86 bits per heavy atom. The molecule has 0 spiro atoms. The predicted molar refractivity (Wildman–Crippen MR) is 78.9 cm³/mol. The quantitative estimate of drug-likeness (QED) is 0.925. The van der Waals surface area contributed by atoms with Crippen LogP contribution in [0, 0.1) is 36.4 Å².